The number of nitrogen functional groups attached to an aromatic ring is 1. The lowest BCUT2D eigenvalue weighted by atomic mass is 10.0. The van der Waals surface area contributed by atoms with Crippen molar-refractivity contribution in [2.24, 2.45) is 0 Å². The summed E-state index contributed by atoms with van der Waals surface area (Å²) >= 11 is 0. The summed E-state index contributed by atoms with van der Waals surface area (Å²) in [5.41, 5.74) is 6.01. The summed E-state index contributed by atoms with van der Waals surface area (Å²) in [6.07, 6.45) is -1.94. The highest BCUT2D eigenvalue weighted by Crippen LogP contribution is 2.34. The van der Waals surface area contributed by atoms with Crippen molar-refractivity contribution < 1.29 is 17.6 Å². The molecule has 9 heteroatoms. The highest BCUT2D eigenvalue weighted by Gasteiger charge is 2.37. The molecule has 0 saturated carbocycles. The molecule has 3 aromatic rings. The zero-order valence-electron chi connectivity index (χ0n) is 11.8. The maximum absolute atomic E-state index is 14.1. The van der Waals surface area contributed by atoms with Crippen LogP contribution in [0, 0.1) is 5.82 Å². The number of pyridine rings is 1. The third-order valence-electron chi connectivity index (χ3n) is 3.51. The van der Waals surface area contributed by atoms with Crippen LogP contribution < -0.4 is 5.73 Å². The van der Waals surface area contributed by atoms with Crippen LogP contribution in [-0.4, -0.2) is 25.8 Å². The number of nitrogens with zero attached hydrogens (tertiary/aromatic N) is 4. The van der Waals surface area contributed by atoms with Gasteiger partial charge in [-0.05, 0) is 18.6 Å². The number of nitrogens with two attached hydrogens (primary N) is 1. The Hall–Kier alpha value is -2.71. The summed E-state index contributed by atoms with van der Waals surface area (Å²) in [7, 11) is 0. The van der Waals surface area contributed by atoms with Crippen molar-refractivity contribution in [2.45, 2.75) is 19.0 Å². The van der Waals surface area contributed by atoms with Crippen LogP contribution in [0.2, 0.25) is 0 Å². The van der Waals surface area contributed by atoms with Gasteiger partial charge in [-0.1, -0.05) is 6.07 Å². The fourth-order valence-electron chi connectivity index (χ4n) is 2.17. The maximum atomic E-state index is 14.1. The smallest absolute Gasteiger partial charge is 0.367 e. The van der Waals surface area contributed by atoms with Crippen molar-refractivity contribution in [3.63, 3.8) is 0 Å². The van der Waals surface area contributed by atoms with Crippen molar-refractivity contribution >= 4 is 11.5 Å². The van der Waals surface area contributed by atoms with Gasteiger partial charge in [0.1, 0.15) is 5.69 Å². The first-order chi connectivity index (χ1) is 10.8. The summed E-state index contributed by atoms with van der Waals surface area (Å²) in [6, 6.07) is 3.79. The molecule has 1 atom stereocenters. The van der Waals surface area contributed by atoms with E-state index in [1.165, 1.54) is 28.9 Å². The number of anilines is 1. The van der Waals surface area contributed by atoms with E-state index in [4.69, 9.17) is 5.73 Å². The third kappa shape index (κ3) is 2.69. The van der Waals surface area contributed by atoms with Gasteiger partial charge in [0.15, 0.2) is 5.82 Å². The van der Waals surface area contributed by atoms with Crippen molar-refractivity contribution in [3.05, 3.63) is 42.0 Å². The van der Waals surface area contributed by atoms with E-state index < -0.39 is 17.9 Å². The van der Waals surface area contributed by atoms with Crippen LogP contribution in [0.25, 0.3) is 16.9 Å². The molecule has 0 fully saturated rings. The second-order valence-electron chi connectivity index (χ2n) is 5.03. The first kappa shape index (κ1) is 15.2. The number of fused-ring (bicyclic) bond motifs is 1. The van der Waals surface area contributed by atoms with E-state index in [2.05, 4.69) is 15.1 Å². The number of halogens is 4. The van der Waals surface area contributed by atoms with E-state index in [9.17, 15) is 17.6 Å². The third-order valence-corrected chi connectivity index (χ3v) is 3.51. The van der Waals surface area contributed by atoms with E-state index in [1.807, 2.05) is 0 Å². The first-order valence-corrected chi connectivity index (χ1v) is 6.60. The minimum atomic E-state index is -4.36. The molecule has 0 aliphatic heterocycles. The molecule has 0 bridgehead atoms. The molecule has 1 unspecified atom stereocenters. The normalized spacial score (nSPS) is 13.4. The number of alkyl halides is 3. The average Bonchev–Trinajstić information content (AvgIpc) is 2.81. The predicted molar refractivity (Wildman–Crippen MR) is 75.1 cm³/mol. The summed E-state index contributed by atoms with van der Waals surface area (Å²) in [5.74, 6) is -2.33. The van der Waals surface area contributed by atoms with Gasteiger partial charge in [0.25, 0.3) is 0 Å². The Morgan fingerprint density at radius 1 is 1.17 bits per heavy atom. The minimum Gasteiger partial charge on any atom is -0.367 e. The van der Waals surface area contributed by atoms with Crippen molar-refractivity contribution in [2.75, 3.05) is 5.73 Å². The van der Waals surface area contributed by atoms with Crippen molar-refractivity contribution in [1.29, 1.82) is 0 Å². The SMILES string of the molecule is CC(c1ccc(-c2c(F)cc3cnc(N)nn23)nc1)C(F)(F)F. The van der Waals surface area contributed by atoms with Crippen LogP contribution in [0.4, 0.5) is 23.5 Å². The summed E-state index contributed by atoms with van der Waals surface area (Å²) in [4.78, 5) is 7.69. The molecule has 3 rings (SSSR count). The van der Waals surface area contributed by atoms with Gasteiger partial charge >= 0.3 is 6.18 Å². The number of hydrogen-bond donors (Lipinski definition) is 1. The molecule has 0 spiro atoms. The molecule has 3 aromatic heterocycles. The Balaban J connectivity index is 2.06. The van der Waals surface area contributed by atoms with E-state index in [-0.39, 0.29) is 22.9 Å². The molecule has 0 aliphatic carbocycles. The van der Waals surface area contributed by atoms with Crippen molar-refractivity contribution in [1.82, 2.24) is 19.6 Å². The lowest BCUT2D eigenvalue weighted by molar-refractivity contribution is -0.146. The van der Waals surface area contributed by atoms with E-state index in [0.717, 1.165) is 13.1 Å². The summed E-state index contributed by atoms with van der Waals surface area (Å²) in [6.45, 7) is 1.04. The van der Waals surface area contributed by atoms with Gasteiger partial charge in [0.2, 0.25) is 5.95 Å². The predicted octanol–water partition coefficient (Wildman–Crippen LogP) is 3.18. The van der Waals surface area contributed by atoms with Crippen LogP contribution >= 0.6 is 0 Å². The second-order valence-corrected chi connectivity index (χ2v) is 5.03. The molecule has 3 heterocycles. The Kier molecular flexibility index (Phi) is 3.42. The van der Waals surface area contributed by atoms with E-state index in [1.54, 1.807) is 0 Å². The van der Waals surface area contributed by atoms with Crippen LogP contribution in [0.1, 0.15) is 18.4 Å². The lowest BCUT2D eigenvalue weighted by Crippen LogP contribution is -2.17. The standard InChI is InChI=1S/C14H11F4N5/c1-7(14(16,17)18)8-2-3-11(20-5-8)12-10(15)4-9-6-21-13(19)22-23(9)12/h2-7H,1H3,(H2,19,22). The number of rotatable bonds is 2. The zero-order chi connectivity index (χ0) is 16.8. The first-order valence-electron chi connectivity index (χ1n) is 6.60. The topological polar surface area (TPSA) is 69.1 Å². The largest absolute Gasteiger partial charge is 0.395 e. The average molecular weight is 325 g/mol. The molecule has 0 radical (unpaired) electrons. The summed E-state index contributed by atoms with van der Waals surface area (Å²) in [5, 5.41) is 3.89. The van der Waals surface area contributed by atoms with Gasteiger partial charge in [0.05, 0.1) is 23.3 Å². The van der Waals surface area contributed by atoms with Gasteiger partial charge in [-0.15, -0.1) is 5.10 Å². The maximum Gasteiger partial charge on any atom is 0.395 e. The molecule has 0 aliphatic rings. The molecule has 2 N–H and O–H groups in total. The molecule has 5 nitrogen and oxygen atoms in total. The zero-order valence-corrected chi connectivity index (χ0v) is 11.8. The van der Waals surface area contributed by atoms with E-state index >= 15 is 0 Å². The van der Waals surface area contributed by atoms with Gasteiger partial charge < -0.3 is 5.73 Å². The number of hydrogen-bond acceptors (Lipinski definition) is 4. The van der Waals surface area contributed by atoms with Gasteiger partial charge in [-0.2, -0.15) is 13.2 Å². The Labute approximate surface area is 127 Å². The highest BCUT2D eigenvalue weighted by atomic mass is 19.4. The van der Waals surface area contributed by atoms with Crippen LogP contribution in [0.3, 0.4) is 0 Å². The fourth-order valence-corrected chi connectivity index (χ4v) is 2.17. The Bertz CT molecular complexity index is 854. The summed E-state index contributed by atoms with van der Waals surface area (Å²) < 4.78 is 53.4. The van der Waals surface area contributed by atoms with Crippen molar-refractivity contribution in [3.8, 4) is 11.4 Å². The molecular formula is C14H11F4N5. The van der Waals surface area contributed by atoms with Gasteiger partial charge in [-0.3, -0.25) is 4.98 Å². The van der Waals surface area contributed by atoms with Crippen LogP contribution in [0.15, 0.2) is 30.6 Å². The molecule has 120 valence electrons. The van der Waals surface area contributed by atoms with E-state index in [0.29, 0.717) is 5.52 Å². The molecular weight excluding hydrogens is 314 g/mol. The molecule has 0 amide bonds. The Morgan fingerprint density at radius 3 is 2.52 bits per heavy atom. The Morgan fingerprint density at radius 2 is 1.91 bits per heavy atom. The van der Waals surface area contributed by atoms with Gasteiger partial charge in [-0.25, -0.2) is 13.9 Å². The van der Waals surface area contributed by atoms with Crippen LogP contribution in [0.5, 0.6) is 0 Å². The molecule has 23 heavy (non-hydrogen) atoms. The van der Waals surface area contributed by atoms with Crippen LogP contribution in [-0.2, 0) is 0 Å². The number of aromatic nitrogens is 4. The quantitative estimate of drug-likeness (QED) is 0.735. The van der Waals surface area contributed by atoms with Gasteiger partial charge in [0, 0.05) is 12.3 Å². The monoisotopic (exact) mass is 325 g/mol. The lowest BCUT2D eigenvalue weighted by Gasteiger charge is -2.15. The second kappa shape index (κ2) is 5.18. The fraction of sp³-hybridized carbons (Fsp3) is 0.214. The molecule has 0 aromatic carbocycles. The minimum absolute atomic E-state index is 0.00309. The highest BCUT2D eigenvalue weighted by molar-refractivity contribution is 5.64. The molecule has 0 saturated heterocycles.